The lowest BCUT2D eigenvalue weighted by atomic mass is 9.67. The van der Waals surface area contributed by atoms with Crippen LogP contribution in [0.5, 0.6) is 0 Å². The molecule has 2 bridgehead atoms. The molecule has 0 spiro atoms. The molecule has 0 aromatic carbocycles. The smallest absolute Gasteiger partial charge is 0.309 e. The first-order valence-electron chi connectivity index (χ1n) is 10.3. The summed E-state index contributed by atoms with van der Waals surface area (Å²) in [4.78, 5) is 53.5. The van der Waals surface area contributed by atoms with Crippen molar-refractivity contribution in [2.45, 2.75) is 32.1 Å². The highest BCUT2D eigenvalue weighted by Crippen LogP contribution is 2.40. The van der Waals surface area contributed by atoms with E-state index < -0.39 is 0 Å². The molecule has 8 heteroatoms. The first-order chi connectivity index (χ1) is 14.0. The maximum Gasteiger partial charge on any atom is 0.309 e. The van der Waals surface area contributed by atoms with Gasteiger partial charge in [0.1, 0.15) is 5.78 Å². The Labute approximate surface area is 174 Å². The summed E-state index contributed by atoms with van der Waals surface area (Å²) in [5.41, 5.74) is 0. The van der Waals surface area contributed by atoms with Gasteiger partial charge in [-0.15, -0.1) is 11.3 Å². The number of hydrogen-bond acceptors (Lipinski definition) is 6. The molecule has 2 atom stereocenters. The van der Waals surface area contributed by atoms with E-state index >= 15 is 0 Å². The van der Waals surface area contributed by atoms with Gasteiger partial charge in [-0.1, -0.05) is 12.5 Å². The first kappa shape index (κ1) is 20.1. The second-order valence-corrected chi connectivity index (χ2v) is 9.10. The zero-order valence-corrected chi connectivity index (χ0v) is 17.2. The Morgan fingerprint density at radius 3 is 2.31 bits per heavy atom. The van der Waals surface area contributed by atoms with Gasteiger partial charge in [0.25, 0.3) is 11.8 Å². The van der Waals surface area contributed by atoms with Crippen LogP contribution in [0.25, 0.3) is 0 Å². The normalized spacial score (nSPS) is 26.9. The Bertz CT molecular complexity index is 769. The molecule has 0 unspecified atom stereocenters. The molecule has 156 valence electrons. The summed E-state index contributed by atoms with van der Waals surface area (Å²) in [5.74, 6) is -0.560. The quantitative estimate of drug-likeness (QED) is 0.698. The van der Waals surface area contributed by atoms with Crippen molar-refractivity contribution in [1.29, 1.82) is 0 Å². The van der Waals surface area contributed by atoms with Gasteiger partial charge < -0.3 is 14.5 Å². The topological polar surface area (TPSA) is 84.0 Å². The highest BCUT2D eigenvalue weighted by molar-refractivity contribution is 7.12. The molecule has 7 nitrogen and oxygen atoms in total. The van der Waals surface area contributed by atoms with Gasteiger partial charge in [0.15, 0.2) is 6.61 Å². The fourth-order valence-electron chi connectivity index (χ4n) is 4.73. The Morgan fingerprint density at radius 2 is 1.69 bits per heavy atom. The molecule has 4 rings (SSSR count). The third kappa shape index (κ3) is 4.37. The van der Waals surface area contributed by atoms with Crippen molar-refractivity contribution in [3.63, 3.8) is 0 Å². The van der Waals surface area contributed by atoms with Gasteiger partial charge in [-0.25, -0.2) is 0 Å². The first-order valence-corrected chi connectivity index (χ1v) is 11.2. The van der Waals surface area contributed by atoms with Gasteiger partial charge in [-0.2, -0.15) is 0 Å². The van der Waals surface area contributed by atoms with Crippen LogP contribution in [0.4, 0.5) is 0 Å². The number of rotatable bonds is 4. The van der Waals surface area contributed by atoms with Crippen LogP contribution in [0.3, 0.4) is 0 Å². The van der Waals surface area contributed by atoms with Gasteiger partial charge in [0.05, 0.1) is 10.8 Å². The van der Waals surface area contributed by atoms with Crippen molar-refractivity contribution in [2.75, 3.05) is 32.8 Å². The molecule has 1 aromatic rings. The van der Waals surface area contributed by atoms with Gasteiger partial charge in [-0.05, 0) is 37.1 Å². The molecular formula is C21H26N2O5S. The number of amides is 2. The minimum Gasteiger partial charge on any atom is -0.455 e. The van der Waals surface area contributed by atoms with E-state index in [0.717, 1.165) is 19.3 Å². The average molecular weight is 419 g/mol. The van der Waals surface area contributed by atoms with E-state index in [0.29, 0.717) is 49.7 Å². The molecule has 2 amide bonds. The van der Waals surface area contributed by atoms with E-state index in [1.165, 1.54) is 11.3 Å². The van der Waals surface area contributed by atoms with E-state index in [-0.39, 0.29) is 42.1 Å². The molecule has 29 heavy (non-hydrogen) atoms. The van der Waals surface area contributed by atoms with Crippen LogP contribution < -0.4 is 0 Å². The number of piperazine rings is 1. The molecule has 1 aliphatic heterocycles. The number of thiophene rings is 1. The van der Waals surface area contributed by atoms with Crippen molar-refractivity contribution >= 4 is 34.9 Å². The fourth-order valence-corrected chi connectivity index (χ4v) is 5.42. The number of carbonyl (C=O) groups excluding carboxylic acids is 4. The van der Waals surface area contributed by atoms with Crippen molar-refractivity contribution in [3.05, 3.63) is 22.4 Å². The van der Waals surface area contributed by atoms with Crippen LogP contribution in [-0.4, -0.2) is 66.2 Å². The average Bonchev–Trinajstić information content (AvgIpc) is 3.26. The standard InChI is InChI=1S/C21H26N2O5S/c24-18(22-6-8-23(9-7-22)20(26)17-5-2-10-29-17)13-28-21(27)16-11-14-3-1-4-15(12-16)19(14)25/h2,5,10,14-16H,1,3-4,6-9,11-13H2/t14-,15-/m0/s1. The highest BCUT2D eigenvalue weighted by Gasteiger charge is 2.42. The minimum absolute atomic E-state index is 0.00378. The van der Waals surface area contributed by atoms with Gasteiger partial charge in [0.2, 0.25) is 0 Å². The summed E-state index contributed by atoms with van der Waals surface area (Å²) in [6.45, 7) is 1.57. The van der Waals surface area contributed by atoms with Crippen molar-refractivity contribution in [3.8, 4) is 0 Å². The Hall–Kier alpha value is -2.22. The lowest BCUT2D eigenvalue weighted by Gasteiger charge is -2.36. The summed E-state index contributed by atoms with van der Waals surface area (Å²) in [6.07, 6.45) is 3.92. The predicted octanol–water partition coefficient (Wildman–Crippen LogP) is 1.97. The van der Waals surface area contributed by atoms with E-state index in [4.69, 9.17) is 4.74 Å². The number of ketones is 1. The molecule has 2 saturated carbocycles. The summed E-state index contributed by atoms with van der Waals surface area (Å²) in [7, 11) is 0. The number of hydrogen-bond donors (Lipinski definition) is 0. The van der Waals surface area contributed by atoms with Gasteiger partial charge >= 0.3 is 5.97 Å². The maximum absolute atomic E-state index is 12.4. The highest BCUT2D eigenvalue weighted by atomic mass is 32.1. The number of nitrogens with zero attached hydrogens (tertiary/aromatic N) is 2. The van der Waals surface area contributed by atoms with Crippen molar-refractivity contribution < 1.29 is 23.9 Å². The van der Waals surface area contributed by atoms with Crippen LogP contribution in [0.1, 0.15) is 41.8 Å². The summed E-state index contributed by atoms with van der Waals surface area (Å²) >= 11 is 1.41. The lowest BCUT2D eigenvalue weighted by Crippen LogP contribution is -2.51. The zero-order valence-electron chi connectivity index (χ0n) is 16.4. The minimum atomic E-state index is -0.353. The summed E-state index contributed by atoms with van der Waals surface area (Å²) in [6, 6.07) is 3.65. The third-order valence-corrected chi connectivity index (χ3v) is 7.23. The molecule has 3 aliphatic rings. The summed E-state index contributed by atoms with van der Waals surface area (Å²) < 4.78 is 5.31. The Morgan fingerprint density at radius 1 is 1.03 bits per heavy atom. The van der Waals surface area contributed by atoms with Crippen molar-refractivity contribution in [2.24, 2.45) is 17.8 Å². The van der Waals surface area contributed by atoms with Gasteiger partial charge in [0, 0.05) is 38.0 Å². The maximum atomic E-state index is 12.4. The number of esters is 1. The molecule has 1 aromatic heterocycles. The molecule has 0 N–H and O–H groups in total. The molecule has 1 saturated heterocycles. The van der Waals surface area contributed by atoms with Crippen molar-refractivity contribution in [1.82, 2.24) is 9.80 Å². The molecule has 2 heterocycles. The largest absolute Gasteiger partial charge is 0.455 e. The van der Waals surface area contributed by atoms with Gasteiger partial charge in [-0.3, -0.25) is 19.2 Å². The van der Waals surface area contributed by atoms with Crippen LogP contribution >= 0.6 is 11.3 Å². The Kier molecular flexibility index (Phi) is 5.99. The SMILES string of the molecule is O=C(OCC(=O)N1CCN(C(=O)c2cccs2)CC1)C1C[C@@H]2CCC[C@@H](C1)C2=O. The second kappa shape index (κ2) is 8.65. The number of ether oxygens (including phenoxy) is 1. The second-order valence-electron chi connectivity index (χ2n) is 8.15. The number of carbonyl (C=O) groups is 4. The van der Waals surface area contributed by atoms with E-state index in [1.54, 1.807) is 15.9 Å². The van der Waals surface area contributed by atoms with E-state index in [9.17, 15) is 19.2 Å². The molecule has 2 aliphatic carbocycles. The van der Waals surface area contributed by atoms with Crippen LogP contribution in [0, 0.1) is 17.8 Å². The van der Waals surface area contributed by atoms with Crippen LogP contribution in [-0.2, 0) is 19.1 Å². The zero-order chi connectivity index (χ0) is 20.4. The number of fused-ring (bicyclic) bond motifs is 2. The fraction of sp³-hybridized carbons (Fsp3) is 0.619. The molecular weight excluding hydrogens is 392 g/mol. The Balaban J connectivity index is 1.22. The predicted molar refractivity (Wildman–Crippen MR) is 106 cm³/mol. The molecule has 3 fully saturated rings. The van der Waals surface area contributed by atoms with E-state index in [2.05, 4.69) is 0 Å². The van der Waals surface area contributed by atoms with Crippen LogP contribution in [0.15, 0.2) is 17.5 Å². The monoisotopic (exact) mass is 418 g/mol. The number of Topliss-reactive ketones (excluding diaryl/α,β-unsaturated/α-hetero) is 1. The molecule has 0 radical (unpaired) electrons. The summed E-state index contributed by atoms with van der Waals surface area (Å²) in [5, 5.41) is 1.87. The lowest BCUT2D eigenvalue weighted by molar-refractivity contribution is -0.159. The van der Waals surface area contributed by atoms with Crippen LogP contribution in [0.2, 0.25) is 0 Å². The van der Waals surface area contributed by atoms with E-state index in [1.807, 2.05) is 11.4 Å². The third-order valence-electron chi connectivity index (χ3n) is 6.37.